The van der Waals surface area contributed by atoms with Crippen LogP contribution in [-0.4, -0.2) is 13.7 Å². The number of ether oxygens (including phenoxy) is 1. The van der Waals surface area contributed by atoms with Gasteiger partial charge in [-0.2, -0.15) is 0 Å². The lowest BCUT2D eigenvalue weighted by molar-refractivity contribution is 0.362. The average molecular weight is 260 g/mol. The van der Waals surface area contributed by atoms with Crippen LogP contribution in [0.4, 0.5) is 5.69 Å². The van der Waals surface area contributed by atoms with Gasteiger partial charge < -0.3 is 10.1 Å². The third-order valence-electron chi connectivity index (χ3n) is 2.24. The van der Waals surface area contributed by atoms with Crippen LogP contribution in [0.5, 0.6) is 5.75 Å². The predicted octanol–water partition coefficient (Wildman–Crippen LogP) is 4.04. The number of aryl methyl sites for hydroxylation is 2. The summed E-state index contributed by atoms with van der Waals surface area (Å²) in [5, 5.41) is 3.16. The van der Waals surface area contributed by atoms with Crippen molar-refractivity contribution in [2.75, 3.05) is 19.0 Å². The Hall–Kier alpha value is -0.860. The van der Waals surface area contributed by atoms with E-state index in [0.29, 0.717) is 6.61 Å². The van der Waals surface area contributed by atoms with Gasteiger partial charge in [-0.05, 0) is 43.2 Å². The molecule has 0 fully saturated rings. The average Bonchev–Trinajstić information content (AvgIpc) is 2.16. The van der Waals surface area contributed by atoms with E-state index in [2.05, 4.69) is 5.32 Å². The molecule has 0 aliphatic heterocycles. The van der Waals surface area contributed by atoms with Crippen molar-refractivity contribution in [1.29, 1.82) is 0 Å². The van der Waals surface area contributed by atoms with Crippen molar-refractivity contribution in [1.82, 2.24) is 0 Å². The Labute approximate surface area is 106 Å². The van der Waals surface area contributed by atoms with Gasteiger partial charge in [0.25, 0.3) is 0 Å². The van der Waals surface area contributed by atoms with E-state index in [1.807, 2.05) is 33.0 Å². The molecule has 88 valence electrons. The summed E-state index contributed by atoms with van der Waals surface area (Å²) in [6.07, 6.45) is 1.61. The lowest BCUT2D eigenvalue weighted by Gasteiger charge is -2.12. The summed E-state index contributed by atoms with van der Waals surface area (Å²) < 4.78 is 5.73. The Morgan fingerprint density at radius 3 is 2.31 bits per heavy atom. The first-order valence-electron chi connectivity index (χ1n) is 4.97. The van der Waals surface area contributed by atoms with Crippen LogP contribution < -0.4 is 10.1 Å². The Balaban J connectivity index is 2.80. The second-order valence-corrected chi connectivity index (χ2v) is 4.49. The molecule has 0 radical (unpaired) electrons. The van der Waals surface area contributed by atoms with Gasteiger partial charge in [-0.25, -0.2) is 0 Å². The maximum absolute atomic E-state index is 5.50. The van der Waals surface area contributed by atoms with Gasteiger partial charge in [0.2, 0.25) is 0 Å². The molecule has 0 saturated carbocycles. The van der Waals surface area contributed by atoms with Gasteiger partial charge in [0.15, 0.2) is 0 Å². The van der Waals surface area contributed by atoms with Crippen molar-refractivity contribution in [2.24, 2.45) is 0 Å². The van der Waals surface area contributed by atoms with E-state index in [9.17, 15) is 0 Å². The zero-order valence-corrected chi connectivity index (χ0v) is 11.1. The van der Waals surface area contributed by atoms with E-state index in [1.165, 1.54) is 0 Å². The summed E-state index contributed by atoms with van der Waals surface area (Å²) in [4.78, 5) is 0. The van der Waals surface area contributed by atoms with Gasteiger partial charge >= 0.3 is 0 Å². The molecule has 1 rings (SSSR count). The largest absolute Gasteiger partial charge is 0.489 e. The molecule has 0 aliphatic carbocycles. The second-order valence-electron chi connectivity index (χ2n) is 3.49. The van der Waals surface area contributed by atoms with Gasteiger partial charge in [-0.1, -0.05) is 23.2 Å². The van der Waals surface area contributed by atoms with Crippen molar-refractivity contribution < 1.29 is 4.74 Å². The SMILES string of the molecule is CNc1c(C)cc(OCC=C(Cl)Cl)cc1C. The number of hydrogen-bond acceptors (Lipinski definition) is 2. The first-order valence-corrected chi connectivity index (χ1v) is 5.73. The van der Waals surface area contributed by atoms with Crippen molar-refractivity contribution in [3.05, 3.63) is 33.8 Å². The molecule has 0 saturated heterocycles. The minimum absolute atomic E-state index is 0.222. The summed E-state index contributed by atoms with van der Waals surface area (Å²) in [7, 11) is 1.91. The van der Waals surface area contributed by atoms with Crippen LogP contribution in [0.2, 0.25) is 0 Å². The maximum Gasteiger partial charge on any atom is 0.120 e. The van der Waals surface area contributed by atoms with Crippen molar-refractivity contribution in [3.8, 4) is 5.75 Å². The molecule has 0 amide bonds. The summed E-state index contributed by atoms with van der Waals surface area (Å²) in [6.45, 7) is 4.45. The molecule has 1 aromatic rings. The molecule has 1 N–H and O–H groups in total. The van der Waals surface area contributed by atoms with Crippen LogP contribution in [0.25, 0.3) is 0 Å². The molecule has 0 heterocycles. The minimum atomic E-state index is 0.222. The fourth-order valence-electron chi connectivity index (χ4n) is 1.60. The first kappa shape index (κ1) is 13.2. The van der Waals surface area contributed by atoms with Gasteiger partial charge in [-0.15, -0.1) is 0 Å². The van der Waals surface area contributed by atoms with E-state index in [0.717, 1.165) is 22.6 Å². The first-order chi connectivity index (χ1) is 7.54. The minimum Gasteiger partial charge on any atom is -0.489 e. The zero-order chi connectivity index (χ0) is 12.1. The van der Waals surface area contributed by atoms with Gasteiger partial charge in [-0.3, -0.25) is 0 Å². The summed E-state index contributed by atoms with van der Waals surface area (Å²) in [6, 6.07) is 3.96. The Morgan fingerprint density at radius 2 is 1.88 bits per heavy atom. The highest BCUT2D eigenvalue weighted by Crippen LogP contribution is 2.25. The quantitative estimate of drug-likeness (QED) is 0.882. The summed E-state index contributed by atoms with van der Waals surface area (Å²) in [5.41, 5.74) is 3.44. The molecule has 0 atom stereocenters. The number of hydrogen-bond donors (Lipinski definition) is 1. The number of rotatable bonds is 4. The molecule has 0 aromatic heterocycles. The van der Waals surface area contributed by atoms with Crippen LogP contribution in [0.15, 0.2) is 22.7 Å². The highest BCUT2D eigenvalue weighted by Gasteiger charge is 2.03. The molecule has 2 nitrogen and oxygen atoms in total. The Kier molecular flexibility index (Phi) is 4.97. The van der Waals surface area contributed by atoms with Gasteiger partial charge in [0.1, 0.15) is 16.8 Å². The third kappa shape index (κ3) is 3.62. The van der Waals surface area contributed by atoms with E-state index >= 15 is 0 Å². The predicted molar refractivity (Wildman–Crippen MR) is 70.7 cm³/mol. The highest BCUT2D eigenvalue weighted by molar-refractivity contribution is 6.55. The summed E-state index contributed by atoms with van der Waals surface area (Å²) >= 11 is 11.0. The molecular weight excluding hydrogens is 245 g/mol. The molecule has 0 unspecified atom stereocenters. The van der Waals surface area contributed by atoms with Crippen LogP contribution in [-0.2, 0) is 0 Å². The van der Waals surface area contributed by atoms with Crippen molar-refractivity contribution in [2.45, 2.75) is 13.8 Å². The molecule has 0 aliphatic rings. The van der Waals surface area contributed by atoms with Gasteiger partial charge in [0.05, 0.1) is 0 Å². The smallest absolute Gasteiger partial charge is 0.120 e. The molecule has 16 heavy (non-hydrogen) atoms. The summed E-state index contributed by atoms with van der Waals surface area (Å²) in [5.74, 6) is 0.819. The Morgan fingerprint density at radius 1 is 1.31 bits per heavy atom. The number of nitrogens with one attached hydrogen (secondary N) is 1. The molecule has 1 aromatic carbocycles. The lowest BCUT2D eigenvalue weighted by atomic mass is 10.1. The number of benzene rings is 1. The van der Waals surface area contributed by atoms with E-state index in [4.69, 9.17) is 27.9 Å². The van der Waals surface area contributed by atoms with Crippen LogP contribution in [0, 0.1) is 13.8 Å². The molecule has 0 bridgehead atoms. The topological polar surface area (TPSA) is 21.3 Å². The second kappa shape index (κ2) is 6.02. The van der Waals surface area contributed by atoms with Crippen LogP contribution in [0.3, 0.4) is 0 Å². The third-order valence-corrected chi connectivity index (χ3v) is 2.55. The fraction of sp³-hybridized carbons (Fsp3) is 0.333. The Bertz CT molecular complexity index is 375. The van der Waals surface area contributed by atoms with Crippen LogP contribution in [0.1, 0.15) is 11.1 Å². The van der Waals surface area contributed by atoms with E-state index in [-0.39, 0.29) is 4.49 Å². The number of halogens is 2. The standard InChI is InChI=1S/C12H15Cl2NO/c1-8-6-10(16-5-4-11(13)14)7-9(2)12(8)15-3/h4,6-7,15H,5H2,1-3H3. The van der Waals surface area contributed by atoms with E-state index < -0.39 is 0 Å². The zero-order valence-electron chi connectivity index (χ0n) is 9.60. The number of anilines is 1. The lowest BCUT2D eigenvalue weighted by Crippen LogP contribution is -1.99. The van der Waals surface area contributed by atoms with Gasteiger partial charge in [0, 0.05) is 12.7 Å². The molecule has 0 spiro atoms. The van der Waals surface area contributed by atoms with E-state index in [1.54, 1.807) is 6.08 Å². The normalized spacial score (nSPS) is 9.81. The van der Waals surface area contributed by atoms with Crippen molar-refractivity contribution >= 4 is 28.9 Å². The maximum atomic E-state index is 5.50. The molecular formula is C12H15Cl2NO. The highest BCUT2D eigenvalue weighted by atomic mass is 35.5. The molecule has 4 heteroatoms. The fourth-order valence-corrected chi connectivity index (χ4v) is 1.73. The monoisotopic (exact) mass is 259 g/mol. The van der Waals surface area contributed by atoms with Crippen molar-refractivity contribution in [3.63, 3.8) is 0 Å². The van der Waals surface area contributed by atoms with Crippen LogP contribution >= 0.6 is 23.2 Å².